The molecule has 0 aliphatic rings. The van der Waals surface area contributed by atoms with Gasteiger partial charge in [-0.3, -0.25) is 4.98 Å². The van der Waals surface area contributed by atoms with Gasteiger partial charge in [-0.05, 0) is 23.8 Å². The van der Waals surface area contributed by atoms with Gasteiger partial charge in [-0.2, -0.15) is 0 Å². The molecule has 1 aromatic carbocycles. The summed E-state index contributed by atoms with van der Waals surface area (Å²) in [5.74, 6) is 0.965. The van der Waals surface area contributed by atoms with Crippen LogP contribution in [0.2, 0.25) is 0 Å². The molecule has 1 nitrogen and oxygen atoms in total. The number of rotatable bonds is 3. The van der Waals surface area contributed by atoms with E-state index in [-0.39, 0.29) is 0 Å². The Morgan fingerprint density at radius 3 is 2.73 bits per heavy atom. The van der Waals surface area contributed by atoms with E-state index >= 15 is 0 Å². The highest BCUT2D eigenvalue weighted by Gasteiger charge is 1.99. The number of pyridine rings is 1. The van der Waals surface area contributed by atoms with Crippen LogP contribution < -0.4 is 0 Å². The highest BCUT2D eigenvalue weighted by atomic mass is 79.9. The lowest BCUT2D eigenvalue weighted by molar-refractivity contribution is 1.23. The Hall–Kier alpha value is -0.800. The summed E-state index contributed by atoms with van der Waals surface area (Å²) in [4.78, 5) is 5.29. The summed E-state index contributed by atoms with van der Waals surface area (Å²) in [6, 6.07) is 12.3. The third-order valence-electron chi connectivity index (χ3n) is 1.99. The molecule has 0 saturated carbocycles. The van der Waals surface area contributed by atoms with Gasteiger partial charge < -0.3 is 0 Å². The van der Waals surface area contributed by atoms with Gasteiger partial charge in [-0.25, -0.2) is 0 Å². The molecule has 0 spiro atoms. The van der Waals surface area contributed by atoms with Gasteiger partial charge in [-0.1, -0.05) is 34.1 Å². The number of nitrogens with zero attached hydrogens (tertiary/aromatic N) is 1. The van der Waals surface area contributed by atoms with Crippen molar-refractivity contribution in [2.45, 2.75) is 10.6 Å². The molecular weight excluding hydrogens is 270 g/mol. The third-order valence-corrected chi connectivity index (χ3v) is 3.79. The molecule has 1 aromatic heterocycles. The second-order valence-electron chi connectivity index (χ2n) is 3.07. The monoisotopic (exact) mass is 279 g/mol. The molecule has 2 rings (SSSR count). The quantitative estimate of drug-likeness (QED) is 0.784. The van der Waals surface area contributed by atoms with E-state index in [1.807, 2.05) is 18.3 Å². The van der Waals surface area contributed by atoms with E-state index < -0.39 is 0 Å². The van der Waals surface area contributed by atoms with Crippen LogP contribution >= 0.6 is 27.7 Å². The largest absolute Gasteiger partial charge is 0.264 e. The molecular formula is C12H10BrNS. The Balaban J connectivity index is 2.03. The maximum absolute atomic E-state index is 4.09. The fourth-order valence-electron chi connectivity index (χ4n) is 1.21. The molecule has 0 radical (unpaired) electrons. The van der Waals surface area contributed by atoms with E-state index in [9.17, 15) is 0 Å². The van der Waals surface area contributed by atoms with E-state index in [1.165, 1.54) is 14.9 Å². The molecule has 0 aliphatic heterocycles. The van der Waals surface area contributed by atoms with Crippen LogP contribution in [0.3, 0.4) is 0 Å². The third kappa shape index (κ3) is 3.08. The van der Waals surface area contributed by atoms with Crippen molar-refractivity contribution in [2.75, 3.05) is 0 Å². The van der Waals surface area contributed by atoms with Crippen molar-refractivity contribution >= 4 is 27.7 Å². The standard InChI is InChI=1S/C12H10BrNS/c13-12-6-2-1-4-10(12)9-15-11-5-3-7-14-8-11/h1-8H,9H2. The average Bonchev–Trinajstić information content (AvgIpc) is 2.29. The van der Waals surface area contributed by atoms with Gasteiger partial charge in [0.25, 0.3) is 0 Å². The topological polar surface area (TPSA) is 12.9 Å². The second-order valence-corrected chi connectivity index (χ2v) is 4.97. The zero-order valence-electron chi connectivity index (χ0n) is 8.06. The number of hydrogen-bond acceptors (Lipinski definition) is 2. The Morgan fingerprint density at radius 1 is 1.13 bits per heavy atom. The second kappa shape index (κ2) is 5.33. The molecule has 0 unspecified atom stereocenters. The van der Waals surface area contributed by atoms with Crippen molar-refractivity contribution in [2.24, 2.45) is 0 Å². The first-order chi connectivity index (χ1) is 7.36. The summed E-state index contributed by atoms with van der Waals surface area (Å²) >= 11 is 5.34. The van der Waals surface area contributed by atoms with Crippen LogP contribution in [0.5, 0.6) is 0 Å². The molecule has 0 aliphatic carbocycles. The molecule has 1 heterocycles. The molecule has 0 amide bonds. The molecule has 3 heteroatoms. The molecule has 0 saturated heterocycles. The summed E-state index contributed by atoms with van der Waals surface area (Å²) in [6.45, 7) is 0. The minimum Gasteiger partial charge on any atom is -0.264 e. The van der Waals surface area contributed by atoms with E-state index in [0.29, 0.717) is 0 Å². The number of benzene rings is 1. The number of halogens is 1. The van der Waals surface area contributed by atoms with E-state index in [0.717, 1.165) is 5.75 Å². The maximum atomic E-state index is 4.09. The molecule has 0 bridgehead atoms. The van der Waals surface area contributed by atoms with Crippen LogP contribution in [-0.2, 0) is 5.75 Å². The number of thioether (sulfide) groups is 1. The summed E-state index contributed by atoms with van der Waals surface area (Å²) in [5.41, 5.74) is 1.31. The summed E-state index contributed by atoms with van der Waals surface area (Å²) < 4.78 is 1.17. The lowest BCUT2D eigenvalue weighted by Gasteiger charge is -2.03. The smallest absolute Gasteiger partial charge is 0.0404 e. The first-order valence-corrected chi connectivity index (χ1v) is 6.40. The predicted octanol–water partition coefficient (Wildman–Crippen LogP) is 4.14. The molecule has 0 N–H and O–H groups in total. The number of hydrogen-bond donors (Lipinski definition) is 0. The molecule has 0 atom stereocenters. The Bertz CT molecular complexity index is 431. The van der Waals surface area contributed by atoms with Crippen LogP contribution in [0.1, 0.15) is 5.56 Å². The van der Waals surface area contributed by atoms with E-state index in [2.05, 4.69) is 45.2 Å². The first kappa shape index (κ1) is 10.7. The highest BCUT2D eigenvalue weighted by molar-refractivity contribution is 9.10. The Labute approximate surface area is 102 Å². The summed E-state index contributed by atoms with van der Waals surface area (Å²) in [6.07, 6.45) is 3.68. The van der Waals surface area contributed by atoms with Gasteiger partial charge in [-0.15, -0.1) is 11.8 Å². The fraction of sp³-hybridized carbons (Fsp3) is 0.0833. The summed E-state index contributed by atoms with van der Waals surface area (Å²) in [5, 5.41) is 0. The van der Waals surface area contributed by atoms with Crippen LogP contribution in [0, 0.1) is 0 Å². The lowest BCUT2D eigenvalue weighted by atomic mass is 10.2. The van der Waals surface area contributed by atoms with Gasteiger partial charge in [0, 0.05) is 27.5 Å². The average molecular weight is 280 g/mol. The van der Waals surface area contributed by atoms with Gasteiger partial charge in [0.1, 0.15) is 0 Å². The van der Waals surface area contributed by atoms with E-state index in [1.54, 1.807) is 18.0 Å². The lowest BCUT2D eigenvalue weighted by Crippen LogP contribution is -1.82. The Morgan fingerprint density at radius 2 is 2.00 bits per heavy atom. The molecule has 0 fully saturated rings. The van der Waals surface area contributed by atoms with Crippen molar-refractivity contribution in [3.05, 3.63) is 58.8 Å². The molecule has 76 valence electrons. The van der Waals surface area contributed by atoms with Gasteiger partial charge >= 0.3 is 0 Å². The number of aromatic nitrogens is 1. The molecule has 15 heavy (non-hydrogen) atoms. The van der Waals surface area contributed by atoms with Gasteiger partial charge in [0.05, 0.1) is 0 Å². The Kier molecular flexibility index (Phi) is 3.80. The van der Waals surface area contributed by atoms with Crippen LogP contribution in [0.25, 0.3) is 0 Å². The van der Waals surface area contributed by atoms with Crippen molar-refractivity contribution in [3.63, 3.8) is 0 Å². The van der Waals surface area contributed by atoms with Crippen LogP contribution in [0.15, 0.2) is 58.2 Å². The molecule has 2 aromatic rings. The zero-order valence-corrected chi connectivity index (χ0v) is 10.5. The normalized spacial score (nSPS) is 10.2. The van der Waals surface area contributed by atoms with Crippen molar-refractivity contribution in [1.29, 1.82) is 0 Å². The van der Waals surface area contributed by atoms with Crippen LogP contribution in [0.4, 0.5) is 0 Å². The van der Waals surface area contributed by atoms with Gasteiger partial charge in [0.2, 0.25) is 0 Å². The van der Waals surface area contributed by atoms with Crippen LogP contribution in [-0.4, -0.2) is 4.98 Å². The minimum atomic E-state index is 0.965. The fourth-order valence-corrected chi connectivity index (χ4v) is 2.70. The van der Waals surface area contributed by atoms with Crippen molar-refractivity contribution in [3.8, 4) is 0 Å². The van der Waals surface area contributed by atoms with Crippen molar-refractivity contribution in [1.82, 2.24) is 4.98 Å². The SMILES string of the molecule is Brc1ccccc1CSc1cccnc1. The summed E-state index contributed by atoms with van der Waals surface area (Å²) in [7, 11) is 0. The van der Waals surface area contributed by atoms with Crippen molar-refractivity contribution < 1.29 is 0 Å². The van der Waals surface area contributed by atoms with E-state index in [4.69, 9.17) is 0 Å². The minimum absolute atomic E-state index is 0.965. The zero-order chi connectivity index (χ0) is 10.5. The van der Waals surface area contributed by atoms with Gasteiger partial charge in [0.15, 0.2) is 0 Å². The highest BCUT2D eigenvalue weighted by Crippen LogP contribution is 2.25. The maximum Gasteiger partial charge on any atom is 0.0404 e. The predicted molar refractivity (Wildman–Crippen MR) is 67.9 cm³/mol. The first-order valence-electron chi connectivity index (χ1n) is 4.62.